The number of rotatable bonds is 6. The third-order valence-electron chi connectivity index (χ3n) is 4.59. The lowest BCUT2D eigenvalue weighted by atomic mass is 10.2. The minimum atomic E-state index is -3.77. The smallest absolute Gasteiger partial charge is 0.264 e. The Hall–Kier alpha value is -3.65. The number of carbonyl (C=O) groups is 2. The largest absolute Gasteiger partial charge is 0.326 e. The number of hydrogen-bond acceptors (Lipinski definition) is 4. The SMILES string of the molecule is CC(=O)Nc1cccc(NC(=O)c2cccc(N(C)S(=O)(=O)c3ccc(C)cc3)c2)c1. The van der Waals surface area contributed by atoms with Crippen LogP contribution in [0.2, 0.25) is 0 Å². The van der Waals surface area contributed by atoms with Gasteiger partial charge in [0.1, 0.15) is 0 Å². The van der Waals surface area contributed by atoms with Crippen LogP contribution in [0.3, 0.4) is 0 Å². The topological polar surface area (TPSA) is 95.6 Å². The summed E-state index contributed by atoms with van der Waals surface area (Å²) >= 11 is 0. The molecule has 160 valence electrons. The molecule has 0 bridgehead atoms. The van der Waals surface area contributed by atoms with E-state index in [9.17, 15) is 18.0 Å². The predicted octanol–water partition coefficient (Wildman–Crippen LogP) is 4.03. The van der Waals surface area contributed by atoms with Crippen LogP contribution in [0.1, 0.15) is 22.8 Å². The van der Waals surface area contributed by atoms with Gasteiger partial charge in [-0.3, -0.25) is 13.9 Å². The molecule has 0 fully saturated rings. The van der Waals surface area contributed by atoms with Crippen LogP contribution < -0.4 is 14.9 Å². The van der Waals surface area contributed by atoms with Crippen LogP contribution in [0.5, 0.6) is 0 Å². The first-order valence-electron chi connectivity index (χ1n) is 9.51. The molecule has 8 heteroatoms. The second-order valence-electron chi connectivity index (χ2n) is 7.05. The average Bonchev–Trinajstić information content (AvgIpc) is 2.73. The fourth-order valence-electron chi connectivity index (χ4n) is 2.93. The highest BCUT2D eigenvalue weighted by Crippen LogP contribution is 2.24. The molecule has 0 aliphatic rings. The summed E-state index contributed by atoms with van der Waals surface area (Å²) in [5, 5.41) is 5.41. The number of nitrogens with zero attached hydrogens (tertiary/aromatic N) is 1. The van der Waals surface area contributed by atoms with Crippen LogP contribution in [0, 0.1) is 6.92 Å². The zero-order valence-corrected chi connectivity index (χ0v) is 18.2. The Morgan fingerprint density at radius 2 is 1.45 bits per heavy atom. The molecule has 0 saturated carbocycles. The molecule has 0 aromatic heterocycles. The van der Waals surface area contributed by atoms with Gasteiger partial charge in [0.25, 0.3) is 15.9 Å². The quantitative estimate of drug-likeness (QED) is 0.609. The number of carbonyl (C=O) groups excluding carboxylic acids is 2. The average molecular weight is 438 g/mol. The molecule has 0 unspecified atom stereocenters. The van der Waals surface area contributed by atoms with Gasteiger partial charge in [-0.2, -0.15) is 0 Å². The van der Waals surface area contributed by atoms with Gasteiger partial charge in [-0.15, -0.1) is 0 Å². The van der Waals surface area contributed by atoms with Crippen molar-refractivity contribution in [3.05, 3.63) is 83.9 Å². The standard InChI is InChI=1S/C23H23N3O4S/c1-16-10-12-22(13-11-16)31(29,30)26(3)21-9-4-6-18(14-21)23(28)25-20-8-5-7-19(15-20)24-17(2)27/h4-15H,1-3H3,(H,24,27)(H,25,28). The maximum absolute atomic E-state index is 12.9. The minimum absolute atomic E-state index is 0.172. The number of sulfonamides is 1. The van der Waals surface area contributed by atoms with Crippen LogP contribution in [0.15, 0.2) is 77.7 Å². The first-order valence-corrected chi connectivity index (χ1v) is 11.0. The summed E-state index contributed by atoms with van der Waals surface area (Å²) in [6.07, 6.45) is 0. The third kappa shape index (κ3) is 5.29. The van der Waals surface area contributed by atoms with Crippen LogP contribution in [-0.2, 0) is 14.8 Å². The Kier molecular flexibility index (Phi) is 6.41. The highest BCUT2D eigenvalue weighted by atomic mass is 32.2. The van der Waals surface area contributed by atoms with Gasteiger partial charge < -0.3 is 10.6 Å². The molecule has 7 nitrogen and oxygen atoms in total. The third-order valence-corrected chi connectivity index (χ3v) is 6.39. The van der Waals surface area contributed by atoms with Gasteiger partial charge in [0.2, 0.25) is 5.91 Å². The Labute approximate surface area is 181 Å². The van der Waals surface area contributed by atoms with Crippen molar-refractivity contribution in [2.75, 3.05) is 22.0 Å². The van der Waals surface area contributed by atoms with E-state index in [4.69, 9.17) is 0 Å². The molecule has 0 atom stereocenters. The number of nitrogens with one attached hydrogen (secondary N) is 2. The van der Waals surface area contributed by atoms with E-state index < -0.39 is 15.9 Å². The van der Waals surface area contributed by atoms with Gasteiger partial charge in [0.15, 0.2) is 0 Å². The van der Waals surface area contributed by atoms with E-state index in [1.807, 2.05) is 6.92 Å². The van der Waals surface area contributed by atoms with E-state index in [0.717, 1.165) is 9.87 Å². The molecule has 3 aromatic rings. The summed E-state index contributed by atoms with van der Waals surface area (Å²) in [6.45, 7) is 3.28. The molecule has 3 aromatic carbocycles. The Balaban J connectivity index is 1.81. The summed E-state index contributed by atoms with van der Waals surface area (Å²) < 4.78 is 27.0. The van der Waals surface area contributed by atoms with Gasteiger partial charge in [-0.05, 0) is 55.5 Å². The highest BCUT2D eigenvalue weighted by molar-refractivity contribution is 7.92. The molecular weight excluding hydrogens is 414 g/mol. The predicted molar refractivity (Wildman–Crippen MR) is 122 cm³/mol. The van der Waals surface area contributed by atoms with Crippen LogP contribution in [0.25, 0.3) is 0 Å². The van der Waals surface area contributed by atoms with Gasteiger partial charge in [0.05, 0.1) is 10.6 Å². The van der Waals surface area contributed by atoms with Gasteiger partial charge >= 0.3 is 0 Å². The first kappa shape index (κ1) is 22.0. The molecule has 0 spiro atoms. The van der Waals surface area contributed by atoms with Crippen molar-refractivity contribution >= 4 is 38.9 Å². The van der Waals surface area contributed by atoms with E-state index >= 15 is 0 Å². The maximum atomic E-state index is 12.9. The monoisotopic (exact) mass is 437 g/mol. The fraction of sp³-hybridized carbons (Fsp3) is 0.130. The summed E-state index contributed by atoms with van der Waals surface area (Å²) in [5.74, 6) is -0.614. The maximum Gasteiger partial charge on any atom is 0.264 e. The normalized spacial score (nSPS) is 10.9. The summed E-state index contributed by atoms with van der Waals surface area (Å²) in [4.78, 5) is 24.1. The van der Waals surface area contributed by atoms with Crippen molar-refractivity contribution < 1.29 is 18.0 Å². The summed E-state index contributed by atoms with van der Waals surface area (Å²) in [5.41, 5.74) is 2.68. The van der Waals surface area contributed by atoms with Crippen molar-refractivity contribution in [1.82, 2.24) is 0 Å². The number of anilines is 3. The Morgan fingerprint density at radius 1 is 0.839 bits per heavy atom. The molecule has 2 amide bonds. The van der Waals surface area contributed by atoms with Crippen molar-refractivity contribution in [3.63, 3.8) is 0 Å². The lowest BCUT2D eigenvalue weighted by Gasteiger charge is -2.20. The summed E-state index contributed by atoms with van der Waals surface area (Å²) in [6, 6.07) is 19.7. The lowest BCUT2D eigenvalue weighted by Crippen LogP contribution is -2.27. The van der Waals surface area contributed by atoms with Crippen molar-refractivity contribution in [1.29, 1.82) is 0 Å². The van der Waals surface area contributed by atoms with Crippen LogP contribution in [0.4, 0.5) is 17.1 Å². The van der Waals surface area contributed by atoms with Crippen molar-refractivity contribution in [2.24, 2.45) is 0 Å². The second-order valence-corrected chi connectivity index (χ2v) is 9.02. The molecule has 0 aliphatic carbocycles. The number of hydrogen-bond donors (Lipinski definition) is 2. The zero-order chi connectivity index (χ0) is 22.6. The fourth-order valence-corrected chi connectivity index (χ4v) is 4.12. The van der Waals surface area contributed by atoms with E-state index in [1.54, 1.807) is 66.7 Å². The second kappa shape index (κ2) is 9.01. The molecule has 2 N–H and O–H groups in total. The van der Waals surface area contributed by atoms with Crippen molar-refractivity contribution in [2.45, 2.75) is 18.7 Å². The minimum Gasteiger partial charge on any atom is -0.326 e. The molecule has 0 heterocycles. The molecule has 3 rings (SSSR count). The van der Waals surface area contributed by atoms with Gasteiger partial charge in [-0.25, -0.2) is 8.42 Å². The molecule has 31 heavy (non-hydrogen) atoms. The van der Waals surface area contributed by atoms with Crippen molar-refractivity contribution in [3.8, 4) is 0 Å². The van der Waals surface area contributed by atoms with E-state index in [1.165, 1.54) is 20.0 Å². The van der Waals surface area contributed by atoms with E-state index in [-0.39, 0.29) is 10.8 Å². The Bertz CT molecular complexity index is 1220. The number of aryl methyl sites for hydroxylation is 1. The summed E-state index contributed by atoms with van der Waals surface area (Å²) in [7, 11) is -2.32. The van der Waals surface area contributed by atoms with E-state index in [2.05, 4.69) is 10.6 Å². The molecule has 0 saturated heterocycles. The molecule has 0 aliphatic heterocycles. The lowest BCUT2D eigenvalue weighted by molar-refractivity contribution is -0.114. The zero-order valence-electron chi connectivity index (χ0n) is 17.4. The first-order chi connectivity index (χ1) is 14.7. The van der Waals surface area contributed by atoms with Crippen LogP contribution >= 0.6 is 0 Å². The van der Waals surface area contributed by atoms with Gasteiger partial charge in [0, 0.05) is 30.9 Å². The van der Waals surface area contributed by atoms with Gasteiger partial charge in [-0.1, -0.05) is 29.8 Å². The molecule has 0 radical (unpaired) electrons. The number of benzene rings is 3. The number of amides is 2. The highest BCUT2D eigenvalue weighted by Gasteiger charge is 2.22. The van der Waals surface area contributed by atoms with E-state index in [0.29, 0.717) is 22.6 Å². The molecular formula is C23H23N3O4S. The van der Waals surface area contributed by atoms with Crippen LogP contribution in [-0.4, -0.2) is 27.3 Å². The Morgan fingerprint density at radius 3 is 2.10 bits per heavy atom.